The largest absolute Gasteiger partial charge is 0.358 e. The molecule has 1 atom stereocenters. The van der Waals surface area contributed by atoms with Crippen molar-refractivity contribution < 1.29 is 9.53 Å². The lowest BCUT2D eigenvalue weighted by Gasteiger charge is -2.27. The van der Waals surface area contributed by atoms with Crippen LogP contribution in [0.4, 0.5) is 0 Å². The second-order valence-electron chi connectivity index (χ2n) is 5.81. The minimum Gasteiger partial charge on any atom is -0.358 e. The van der Waals surface area contributed by atoms with Crippen molar-refractivity contribution in [3.05, 3.63) is 35.5 Å². The summed E-state index contributed by atoms with van der Waals surface area (Å²) in [5.41, 5.74) is 3.33. The van der Waals surface area contributed by atoms with Crippen LogP contribution in [0.3, 0.4) is 0 Å². The number of aromatic nitrogens is 1. The molecule has 104 valence electrons. The van der Waals surface area contributed by atoms with Crippen LogP contribution in [0.15, 0.2) is 24.3 Å². The van der Waals surface area contributed by atoms with Crippen LogP contribution in [-0.4, -0.2) is 17.0 Å². The molecule has 2 aliphatic rings. The van der Waals surface area contributed by atoms with E-state index < -0.39 is 0 Å². The van der Waals surface area contributed by atoms with Gasteiger partial charge in [-0.3, -0.25) is 4.79 Å². The Morgan fingerprint density at radius 2 is 2.00 bits per heavy atom. The van der Waals surface area contributed by atoms with Crippen molar-refractivity contribution in [2.75, 3.05) is 6.61 Å². The first-order valence-corrected chi connectivity index (χ1v) is 7.63. The van der Waals surface area contributed by atoms with Gasteiger partial charge in [0.25, 0.3) is 0 Å². The maximum Gasteiger partial charge on any atom is 0.179 e. The molecule has 0 amide bonds. The van der Waals surface area contributed by atoms with E-state index in [0.29, 0.717) is 6.42 Å². The molecular formula is C17H19NO2. The third kappa shape index (κ3) is 1.73. The third-order valence-electron chi connectivity index (χ3n) is 4.55. The highest BCUT2D eigenvalue weighted by Crippen LogP contribution is 2.37. The zero-order valence-corrected chi connectivity index (χ0v) is 11.6. The van der Waals surface area contributed by atoms with Gasteiger partial charge < -0.3 is 9.30 Å². The van der Waals surface area contributed by atoms with Crippen molar-refractivity contribution in [3.8, 4) is 0 Å². The van der Waals surface area contributed by atoms with E-state index in [2.05, 4.69) is 28.8 Å². The molecule has 2 heterocycles. The molecule has 0 bridgehead atoms. The van der Waals surface area contributed by atoms with E-state index >= 15 is 0 Å². The van der Waals surface area contributed by atoms with Crippen LogP contribution < -0.4 is 0 Å². The predicted octanol–water partition coefficient (Wildman–Crippen LogP) is 3.86. The summed E-state index contributed by atoms with van der Waals surface area (Å²) in [6.07, 6.45) is 6.03. The van der Waals surface area contributed by atoms with E-state index in [1.54, 1.807) is 0 Å². The standard InChI is InChI=1S/C17H19NO2/c19-15-9-5-7-13-12-6-1-2-8-14(12)18(17(13)15)16-10-3-4-11-20-16/h1-2,6,8,16H,3-5,7,9-11H2. The lowest BCUT2D eigenvalue weighted by atomic mass is 9.94. The minimum atomic E-state index is 0.0412. The first-order valence-electron chi connectivity index (χ1n) is 7.63. The monoisotopic (exact) mass is 269 g/mol. The number of hydrogen-bond acceptors (Lipinski definition) is 2. The Kier molecular flexibility index (Phi) is 2.88. The molecular weight excluding hydrogens is 250 g/mol. The smallest absolute Gasteiger partial charge is 0.179 e. The maximum atomic E-state index is 12.4. The lowest BCUT2D eigenvalue weighted by molar-refractivity contribution is -0.0303. The van der Waals surface area contributed by atoms with Crippen molar-refractivity contribution >= 4 is 16.7 Å². The normalized spacial score (nSPS) is 23.0. The number of ketones is 1. The zero-order valence-electron chi connectivity index (χ0n) is 11.6. The fourth-order valence-electron chi connectivity index (χ4n) is 3.66. The molecule has 1 aliphatic heterocycles. The van der Waals surface area contributed by atoms with Crippen LogP contribution in [0.25, 0.3) is 10.9 Å². The van der Waals surface area contributed by atoms with Crippen LogP contribution >= 0.6 is 0 Å². The molecule has 20 heavy (non-hydrogen) atoms. The number of carbonyl (C=O) groups is 1. The molecule has 3 heteroatoms. The summed E-state index contributed by atoms with van der Waals surface area (Å²) in [5.74, 6) is 0.289. The summed E-state index contributed by atoms with van der Waals surface area (Å²) in [7, 11) is 0. The highest BCUT2D eigenvalue weighted by Gasteiger charge is 2.29. The summed E-state index contributed by atoms with van der Waals surface area (Å²) in [6.45, 7) is 0.806. The molecule has 1 aromatic heterocycles. The van der Waals surface area contributed by atoms with Crippen molar-refractivity contribution in [2.45, 2.75) is 44.8 Å². The molecule has 0 N–H and O–H groups in total. The Hall–Kier alpha value is -1.61. The number of fused-ring (bicyclic) bond motifs is 3. The molecule has 1 fully saturated rings. The summed E-state index contributed by atoms with van der Waals surface area (Å²) in [4.78, 5) is 12.4. The number of hydrogen-bond donors (Lipinski definition) is 0. The van der Waals surface area contributed by atoms with Crippen molar-refractivity contribution in [1.29, 1.82) is 0 Å². The number of Topliss-reactive ketones (excluding diaryl/α,β-unsaturated/α-hetero) is 1. The molecule has 1 aliphatic carbocycles. The Morgan fingerprint density at radius 1 is 1.10 bits per heavy atom. The lowest BCUT2D eigenvalue weighted by Crippen LogP contribution is -2.23. The van der Waals surface area contributed by atoms with E-state index in [-0.39, 0.29) is 12.0 Å². The number of rotatable bonds is 1. The first kappa shape index (κ1) is 12.2. The summed E-state index contributed by atoms with van der Waals surface area (Å²) in [6, 6.07) is 8.39. The number of nitrogens with zero attached hydrogens (tertiary/aromatic N) is 1. The fourth-order valence-corrected chi connectivity index (χ4v) is 3.66. The SMILES string of the molecule is O=C1CCCc2c1n(C1CCCCO1)c1ccccc21. The van der Waals surface area contributed by atoms with E-state index in [0.717, 1.165) is 38.0 Å². The summed E-state index contributed by atoms with van der Waals surface area (Å²) < 4.78 is 8.14. The van der Waals surface area contributed by atoms with Gasteiger partial charge in [-0.1, -0.05) is 18.2 Å². The Bertz CT molecular complexity index is 665. The zero-order chi connectivity index (χ0) is 13.5. The van der Waals surface area contributed by atoms with Gasteiger partial charge in [-0.15, -0.1) is 0 Å². The van der Waals surface area contributed by atoms with Gasteiger partial charge in [0.1, 0.15) is 6.23 Å². The van der Waals surface area contributed by atoms with Gasteiger partial charge in [0.2, 0.25) is 0 Å². The highest BCUT2D eigenvalue weighted by atomic mass is 16.5. The summed E-state index contributed by atoms with van der Waals surface area (Å²) in [5, 5.41) is 1.24. The van der Waals surface area contributed by atoms with E-state index in [1.807, 2.05) is 0 Å². The van der Waals surface area contributed by atoms with Crippen molar-refractivity contribution in [1.82, 2.24) is 4.57 Å². The molecule has 2 aromatic rings. The Morgan fingerprint density at radius 3 is 2.85 bits per heavy atom. The van der Waals surface area contributed by atoms with Crippen molar-refractivity contribution in [3.63, 3.8) is 0 Å². The van der Waals surface area contributed by atoms with Crippen LogP contribution in [-0.2, 0) is 11.2 Å². The predicted molar refractivity (Wildman–Crippen MR) is 78.0 cm³/mol. The maximum absolute atomic E-state index is 12.4. The second kappa shape index (κ2) is 4.74. The molecule has 3 nitrogen and oxygen atoms in total. The quantitative estimate of drug-likeness (QED) is 0.787. The van der Waals surface area contributed by atoms with Gasteiger partial charge in [0.15, 0.2) is 5.78 Å². The van der Waals surface area contributed by atoms with Crippen LogP contribution in [0.2, 0.25) is 0 Å². The average Bonchev–Trinajstić information content (AvgIpc) is 2.84. The van der Waals surface area contributed by atoms with Gasteiger partial charge in [-0.2, -0.15) is 0 Å². The molecule has 0 spiro atoms. The molecule has 4 rings (SSSR count). The molecule has 0 radical (unpaired) electrons. The average molecular weight is 269 g/mol. The fraction of sp³-hybridized carbons (Fsp3) is 0.471. The van der Waals surface area contributed by atoms with Crippen LogP contribution in [0, 0.1) is 0 Å². The minimum absolute atomic E-state index is 0.0412. The number of carbonyl (C=O) groups excluding carboxylic acids is 1. The Balaban J connectivity index is 1.97. The van der Waals surface area contributed by atoms with Gasteiger partial charge in [0.05, 0.1) is 11.2 Å². The topological polar surface area (TPSA) is 31.2 Å². The van der Waals surface area contributed by atoms with Gasteiger partial charge in [-0.05, 0) is 43.7 Å². The van der Waals surface area contributed by atoms with E-state index in [1.165, 1.54) is 22.9 Å². The van der Waals surface area contributed by atoms with Crippen LogP contribution in [0.5, 0.6) is 0 Å². The number of ether oxygens (including phenoxy) is 1. The van der Waals surface area contributed by atoms with E-state index in [9.17, 15) is 4.79 Å². The molecule has 1 aromatic carbocycles. The number of aryl methyl sites for hydroxylation is 1. The highest BCUT2D eigenvalue weighted by molar-refractivity contribution is 6.04. The first-order chi connectivity index (χ1) is 9.86. The second-order valence-corrected chi connectivity index (χ2v) is 5.81. The number of benzene rings is 1. The van der Waals surface area contributed by atoms with Crippen LogP contribution in [0.1, 0.15) is 54.4 Å². The van der Waals surface area contributed by atoms with Gasteiger partial charge in [0, 0.05) is 18.4 Å². The van der Waals surface area contributed by atoms with E-state index in [4.69, 9.17) is 4.74 Å². The molecule has 1 unspecified atom stereocenters. The molecule has 1 saturated heterocycles. The Labute approximate surface area is 118 Å². The third-order valence-corrected chi connectivity index (χ3v) is 4.55. The van der Waals surface area contributed by atoms with Gasteiger partial charge in [-0.25, -0.2) is 0 Å². The number of para-hydroxylation sites is 1. The summed E-state index contributed by atoms with van der Waals surface area (Å²) >= 11 is 0. The van der Waals surface area contributed by atoms with Gasteiger partial charge >= 0.3 is 0 Å². The van der Waals surface area contributed by atoms with Crippen molar-refractivity contribution in [2.24, 2.45) is 0 Å². The molecule has 0 saturated carbocycles.